The van der Waals surface area contributed by atoms with E-state index in [2.05, 4.69) is 9.27 Å². The Morgan fingerprint density at radius 2 is 2.50 bits per heavy atom. The van der Waals surface area contributed by atoms with Crippen LogP contribution in [0.25, 0.3) is 0 Å². The first-order chi connectivity index (χ1) is 9.61. The van der Waals surface area contributed by atoms with Gasteiger partial charge >= 0.3 is 0 Å². The zero-order valence-electron chi connectivity index (χ0n) is 12.0. The topological polar surface area (TPSA) is 71.7 Å². The number of nitrogen functional groups attached to an aromatic ring is 1. The summed E-state index contributed by atoms with van der Waals surface area (Å²) in [5.74, 6) is 0.820. The fraction of sp³-hybridized carbons (Fsp3) is 0.692. The molecular formula is C13H22N4O2S. The lowest BCUT2D eigenvalue weighted by Crippen LogP contribution is -2.33. The second-order valence-electron chi connectivity index (χ2n) is 5.25. The number of anilines is 1. The molecule has 0 spiro atoms. The van der Waals surface area contributed by atoms with E-state index in [0.29, 0.717) is 17.3 Å². The van der Waals surface area contributed by atoms with Crippen LogP contribution in [0.1, 0.15) is 16.8 Å². The van der Waals surface area contributed by atoms with Crippen molar-refractivity contribution in [1.82, 2.24) is 14.2 Å². The molecule has 1 amide bonds. The molecule has 0 saturated carbocycles. The Labute approximate surface area is 123 Å². The van der Waals surface area contributed by atoms with E-state index in [1.807, 2.05) is 7.05 Å². The molecule has 1 atom stereocenters. The van der Waals surface area contributed by atoms with Crippen molar-refractivity contribution < 1.29 is 9.53 Å². The summed E-state index contributed by atoms with van der Waals surface area (Å²) in [4.78, 5) is 16.4. The predicted octanol–water partition coefficient (Wildman–Crippen LogP) is 0.766. The number of rotatable bonds is 6. The highest BCUT2D eigenvalue weighted by Gasteiger charge is 2.25. The van der Waals surface area contributed by atoms with E-state index < -0.39 is 0 Å². The Kier molecular flexibility index (Phi) is 5.33. The molecule has 1 aliphatic rings. The molecule has 1 aromatic heterocycles. The van der Waals surface area contributed by atoms with Crippen molar-refractivity contribution in [3.8, 4) is 0 Å². The maximum atomic E-state index is 12.2. The van der Waals surface area contributed by atoms with Gasteiger partial charge < -0.3 is 20.3 Å². The quantitative estimate of drug-likeness (QED) is 0.840. The van der Waals surface area contributed by atoms with Crippen LogP contribution in [-0.2, 0) is 4.74 Å². The Hall–Kier alpha value is -1.18. The van der Waals surface area contributed by atoms with E-state index in [0.717, 1.165) is 39.2 Å². The van der Waals surface area contributed by atoms with E-state index in [4.69, 9.17) is 10.5 Å². The van der Waals surface area contributed by atoms with Gasteiger partial charge in [0.2, 0.25) is 0 Å². The smallest absolute Gasteiger partial charge is 0.258 e. The molecule has 0 aromatic carbocycles. The van der Waals surface area contributed by atoms with Crippen LogP contribution in [0, 0.1) is 5.92 Å². The fourth-order valence-corrected chi connectivity index (χ4v) is 3.16. The van der Waals surface area contributed by atoms with E-state index in [-0.39, 0.29) is 5.91 Å². The number of hydrogen-bond acceptors (Lipinski definition) is 6. The van der Waals surface area contributed by atoms with Gasteiger partial charge in [-0.3, -0.25) is 4.79 Å². The van der Waals surface area contributed by atoms with Gasteiger partial charge in [-0.15, -0.1) is 0 Å². The highest BCUT2D eigenvalue weighted by Crippen LogP contribution is 2.19. The van der Waals surface area contributed by atoms with E-state index in [1.165, 1.54) is 11.5 Å². The molecule has 20 heavy (non-hydrogen) atoms. The van der Waals surface area contributed by atoms with E-state index in [1.54, 1.807) is 17.4 Å². The minimum Gasteiger partial charge on any atom is -0.383 e. The first kappa shape index (κ1) is 15.2. The highest BCUT2D eigenvalue weighted by atomic mass is 32.1. The molecule has 2 heterocycles. The molecule has 0 radical (unpaired) electrons. The predicted molar refractivity (Wildman–Crippen MR) is 79.9 cm³/mol. The molecule has 7 heteroatoms. The third kappa shape index (κ3) is 3.68. The molecular weight excluding hydrogens is 276 g/mol. The van der Waals surface area contributed by atoms with Gasteiger partial charge in [-0.25, -0.2) is 0 Å². The largest absolute Gasteiger partial charge is 0.383 e. The van der Waals surface area contributed by atoms with Crippen molar-refractivity contribution in [2.75, 3.05) is 52.7 Å². The summed E-state index contributed by atoms with van der Waals surface area (Å²) in [5, 5.41) is 1.72. The third-order valence-corrected chi connectivity index (χ3v) is 4.33. The Morgan fingerprint density at radius 3 is 3.15 bits per heavy atom. The lowest BCUT2D eigenvalue weighted by Gasteiger charge is -2.21. The second kappa shape index (κ2) is 7.01. The monoisotopic (exact) mass is 298 g/mol. The van der Waals surface area contributed by atoms with Crippen molar-refractivity contribution in [2.45, 2.75) is 6.42 Å². The van der Waals surface area contributed by atoms with Gasteiger partial charge in [0.25, 0.3) is 5.91 Å². The fourth-order valence-electron chi connectivity index (χ4n) is 2.57. The number of carbonyl (C=O) groups excluding carboxylic acids is 1. The molecule has 2 N–H and O–H groups in total. The normalized spacial score (nSPS) is 19.4. The first-order valence-corrected chi connectivity index (χ1v) is 7.62. The van der Waals surface area contributed by atoms with Gasteiger partial charge in [-0.05, 0) is 30.4 Å². The highest BCUT2D eigenvalue weighted by molar-refractivity contribution is 7.04. The maximum Gasteiger partial charge on any atom is 0.258 e. The minimum absolute atomic E-state index is 0.0356. The van der Waals surface area contributed by atoms with E-state index in [9.17, 15) is 4.79 Å². The first-order valence-electron chi connectivity index (χ1n) is 6.78. The molecule has 1 aliphatic heterocycles. The average Bonchev–Trinajstić information content (AvgIpc) is 3.04. The van der Waals surface area contributed by atoms with Gasteiger partial charge in [0, 0.05) is 39.2 Å². The number of carbonyl (C=O) groups is 1. The Bertz CT molecular complexity index is 451. The van der Waals surface area contributed by atoms with Gasteiger partial charge in [-0.2, -0.15) is 4.37 Å². The van der Waals surface area contributed by atoms with Crippen molar-refractivity contribution in [3.05, 3.63) is 10.9 Å². The third-order valence-electron chi connectivity index (χ3n) is 3.69. The van der Waals surface area contributed by atoms with Crippen molar-refractivity contribution in [2.24, 2.45) is 5.92 Å². The summed E-state index contributed by atoms with van der Waals surface area (Å²) in [7, 11) is 3.55. The Morgan fingerprint density at radius 1 is 1.70 bits per heavy atom. The van der Waals surface area contributed by atoms with Crippen LogP contribution < -0.4 is 5.73 Å². The lowest BCUT2D eigenvalue weighted by molar-refractivity contribution is 0.0773. The van der Waals surface area contributed by atoms with Gasteiger partial charge in [-0.1, -0.05) is 0 Å². The maximum absolute atomic E-state index is 12.2. The lowest BCUT2D eigenvalue weighted by atomic mass is 10.1. The van der Waals surface area contributed by atoms with Crippen LogP contribution >= 0.6 is 11.5 Å². The molecule has 1 aromatic rings. The van der Waals surface area contributed by atoms with Crippen molar-refractivity contribution in [3.63, 3.8) is 0 Å². The van der Waals surface area contributed by atoms with Crippen LogP contribution in [0.5, 0.6) is 0 Å². The standard InChI is InChI=1S/C13H22N4O2S/c1-16(13(18)11-9-20-15-12(11)14)7-10-3-4-17(8-10)5-6-19-2/h9-10H,3-8H2,1-2H3,(H2,14,15)/t10-/m0/s1. The van der Waals surface area contributed by atoms with Gasteiger partial charge in [0.15, 0.2) is 0 Å². The second-order valence-corrected chi connectivity index (χ2v) is 5.88. The van der Waals surface area contributed by atoms with Crippen LogP contribution in [0.3, 0.4) is 0 Å². The molecule has 0 bridgehead atoms. The summed E-state index contributed by atoms with van der Waals surface area (Å²) >= 11 is 1.22. The van der Waals surface area contributed by atoms with Gasteiger partial charge in [0.05, 0.1) is 12.2 Å². The zero-order valence-corrected chi connectivity index (χ0v) is 12.9. The summed E-state index contributed by atoms with van der Waals surface area (Å²) in [6.07, 6.45) is 1.12. The summed E-state index contributed by atoms with van der Waals surface area (Å²) in [6.45, 7) is 4.60. The van der Waals surface area contributed by atoms with Crippen molar-refractivity contribution >= 4 is 23.3 Å². The van der Waals surface area contributed by atoms with E-state index >= 15 is 0 Å². The Balaban J connectivity index is 1.82. The number of nitrogens with two attached hydrogens (primary N) is 1. The molecule has 1 fully saturated rings. The molecule has 6 nitrogen and oxygen atoms in total. The average molecular weight is 298 g/mol. The molecule has 0 unspecified atom stereocenters. The number of amides is 1. The molecule has 1 saturated heterocycles. The van der Waals surface area contributed by atoms with Crippen LogP contribution in [0.15, 0.2) is 5.38 Å². The summed E-state index contributed by atoms with van der Waals surface area (Å²) < 4.78 is 9.04. The molecule has 0 aliphatic carbocycles. The number of likely N-dealkylation sites (tertiary alicyclic amines) is 1. The molecule has 112 valence electrons. The number of ether oxygens (including phenoxy) is 1. The SMILES string of the molecule is COCCN1CC[C@@H](CN(C)C(=O)c2csnc2N)C1. The van der Waals surface area contributed by atoms with Crippen LogP contribution in [-0.4, -0.2) is 67.0 Å². The summed E-state index contributed by atoms with van der Waals surface area (Å²) in [6, 6.07) is 0. The van der Waals surface area contributed by atoms with Gasteiger partial charge in [0.1, 0.15) is 5.82 Å². The number of methoxy groups -OCH3 is 1. The minimum atomic E-state index is -0.0356. The van der Waals surface area contributed by atoms with Crippen molar-refractivity contribution in [1.29, 1.82) is 0 Å². The number of aromatic nitrogens is 1. The molecule has 2 rings (SSSR count). The van der Waals surface area contributed by atoms with Crippen LogP contribution in [0.4, 0.5) is 5.82 Å². The summed E-state index contributed by atoms with van der Waals surface area (Å²) in [5.41, 5.74) is 6.21. The zero-order chi connectivity index (χ0) is 14.5. The number of hydrogen-bond donors (Lipinski definition) is 1. The number of nitrogens with zero attached hydrogens (tertiary/aromatic N) is 3. The van der Waals surface area contributed by atoms with Crippen LogP contribution in [0.2, 0.25) is 0 Å².